The maximum absolute atomic E-state index is 9.12. The van der Waals surface area contributed by atoms with Gasteiger partial charge in [-0.1, -0.05) is 6.07 Å². The molecule has 5 heteroatoms. The van der Waals surface area contributed by atoms with E-state index < -0.39 is 0 Å². The van der Waals surface area contributed by atoms with Crippen molar-refractivity contribution in [1.82, 2.24) is 14.8 Å². The first-order valence-electron chi connectivity index (χ1n) is 7.82. The summed E-state index contributed by atoms with van der Waals surface area (Å²) in [5.41, 5.74) is 7.59. The normalized spacial score (nSPS) is 25.0. The van der Waals surface area contributed by atoms with Gasteiger partial charge in [0, 0.05) is 43.5 Å². The fourth-order valence-corrected chi connectivity index (χ4v) is 3.45. The molecule has 0 radical (unpaired) electrons. The van der Waals surface area contributed by atoms with E-state index in [1.54, 1.807) is 6.20 Å². The van der Waals surface area contributed by atoms with E-state index in [9.17, 15) is 0 Å². The molecule has 0 spiro atoms. The van der Waals surface area contributed by atoms with E-state index in [1.807, 2.05) is 12.1 Å². The number of nitrogens with zero attached hydrogens (tertiary/aromatic N) is 4. The molecule has 1 aromatic rings. The summed E-state index contributed by atoms with van der Waals surface area (Å²) in [6.45, 7) is 5.30. The van der Waals surface area contributed by atoms with Gasteiger partial charge in [0.25, 0.3) is 0 Å². The number of pyridine rings is 1. The largest absolute Gasteiger partial charge is 0.328 e. The molecule has 1 atom stereocenters. The van der Waals surface area contributed by atoms with Gasteiger partial charge in [0.2, 0.25) is 0 Å². The van der Waals surface area contributed by atoms with E-state index in [-0.39, 0.29) is 0 Å². The first-order chi connectivity index (χ1) is 10.3. The highest BCUT2D eigenvalue weighted by atomic mass is 15.3. The minimum atomic E-state index is 0.396. The molecular formula is C16H23N5. The van der Waals surface area contributed by atoms with Crippen LogP contribution in [0.25, 0.3) is 0 Å². The Morgan fingerprint density at radius 1 is 1.29 bits per heavy atom. The van der Waals surface area contributed by atoms with Crippen molar-refractivity contribution in [3.05, 3.63) is 29.6 Å². The topological polar surface area (TPSA) is 69.2 Å². The van der Waals surface area contributed by atoms with Crippen LogP contribution in [0.1, 0.15) is 30.5 Å². The monoisotopic (exact) mass is 285 g/mol. The minimum Gasteiger partial charge on any atom is -0.328 e. The lowest BCUT2D eigenvalue weighted by Gasteiger charge is -2.34. The Balaban J connectivity index is 1.56. The maximum atomic E-state index is 9.12. The van der Waals surface area contributed by atoms with Gasteiger partial charge in [0.15, 0.2) is 0 Å². The molecule has 1 aromatic heterocycles. The van der Waals surface area contributed by atoms with Crippen LogP contribution in [0.3, 0.4) is 0 Å². The summed E-state index contributed by atoms with van der Waals surface area (Å²) in [6.07, 6.45) is 5.15. The van der Waals surface area contributed by atoms with Crippen molar-refractivity contribution in [3.63, 3.8) is 0 Å². The SMILES string of the molecule is N#Cc1ncccc1CN1CCC(N2CCC(N)CC2)C1. The van der Waals surface area contributed by atoms with Crippen LogP contribution in [0.2, 0.25) is 0 Å². The van der Waals surface area contributed by atoms with Crippen LogP contribution in [0, 0.1) is 11.3 Å². The summed E-state index contributed by atoms with van der Waals surface area (Å²) >= 11 is 0. The zero-order valence-electron chi connectivity index (χ0n) is 12.4. The van der Waals surface area contributed by atoms with Crippen LogP contribution in [-0.4, -0.2) is 53.0 Å². The van der Waals surface area contributed by atoms with Crippen molar-refractivity contribution in [1.29, 1.82) is 5.26 Å². The van der Waals surface area contributed by atoms with Gasteiger partial charge in [-0.15, -0.1) is 0 Å². The quantitative estimate of drug-likeness (QED) is 0.895. The lowest BCUT2D eigenvalue weighted by Crippen LogP contribution is -2.46. The van der Waals surface area contributed by atoms with Gasteiger partial charge in [0.1, 0.15) is 11.8 Å². The average molecular weight is 285 g/mol. The van der Waals surface area contributed by atoms with Crippen molar-refractivity contribution in [3.8, 4) is 6.07 Å². The average Bonchev–Trinajstić information content (AvgIpc) is 2.97. The molecule has 0 bridgehead atoms. The molecule has 0 saturated carbocycles. The summed E-state index contributed by atoms with van der Waals surface area (Å²) in [6, 6.07) is 7.16. The second-order valence-electron chi connectivity index (χ2n) is 6.17. The second kappa shape index (κ2) is 6.52. The van der Waals surface area contributed by atoms with E-state index in [2.05, 4.69) is 20.9 Å². The van der Waals surface area contributed by atoms with Crippen LogP contribution in [0.15, 0.2) is 18.3 Å². The van der Waals surface area contributed by atoms with Crippen LogP contribution in [0.5, 0.6) is 0 Å². The maximum Gasteiger partial charge on any atom is 0.144 e. The van der Waals surface area contributed by atoms with Gasteiger partial charge in [-0.05, 0) is 38.4 Å². The highest BCUT2D eigenvalue weighted by Gasteiger charge is 2.29. The van der Waals surface area contributed by atoms with Crippen molar-refractivity contribution in [2.24, 2.45) is 5.73 Å². The third-order valence-electron chi connectivity index (χ3n) is 4.73. The standard InChI is InChI=1S/C16H23N5/c17-10-16-13(2-1-6-19-16)11-20-7-5-15(12-20)21-8-3-14(18)4-9-21/h1-2,6,14-15H,3-5,7-9,11-12,18H2. The molecule has 1 unspecified atom stereocenters. The predicted molar refractivity (Wildman–Crippen MR) is 81.4 cm³/mol. The van der Waals surface area contributed by atoms with Crippen molar-refractivity contribution < 1.29 is 0 Å². The highest BCUT2D eigenvalue weighted by Crippen LogP contribution is 2.21. The molecule has 3 heterocycles. The van der Waals surface area contributed by atoms with E-state index in [0.29, 0.717) is 17.8 Å². The van der Waals surface area contributed by atoms with Gasteiger partial charge in [0.05, 0.1) is 0 Å². The second-order valence-corrected chi connectivity index (χ2v) is 6.17. The van der Waals surface area contributed by atoms with Crippen molar-refractivity contribution in [2.75, 3.05) is 26.2 Å². The number of nitriles is 1. The van der Waals surface area contributed by atoms with E-state index in [1.165, 1.54) is 6.42 Å². The first-order valence-corrected chi connectivity index (χ1v) is 7.82. The Morgan fingerprint density at radius 2 is 2.10 bits per heavy atom. The van der Waals surface area contributed by atoms with E-state index in [0.717, 1.165) is 51.1 Å². The summed E-state index contributed by atoms with van der Waals surface area (Å²) in [7, 11) is 0. The Hall–Kier alpha value is -1.48. The summed E-state index contributed by atoms with van der Waals surface area (Å²) in [5, 5.41) is 9.12. The molecule has 3 rings (SSSR count). The fourth-order valence-electron chi connectivity index (χ4n) is 3.45. The van der Waals surface area contributed by atoms with Crippen molar-refractivity contribution >= 4 is 0 Å². The first kappa shape index (κ1) is 14.5. The third kappa shape index (κ3) is 3.41. The zero-order valence-corrected chi connectivity index (χ0v) is 12.4. The Bertz CT molecular complexity index is 516. The fraction of sp³-hybridized carbons (Fsp3) is 0.625. The molecule has 2 aliphatic heterocycles. The molecule has 0 amide bonds. The van der Waals surface area contributed by atoms with Crippen LogP contribution in [0.4, 0.5) is 0 Å². The molecule has 2 N–H and O–H groups in total. The molecule has 0 aromatic carbocycles. The zero-order chi connectivity index (χ0) is 14.7. The lowest BCUT2D eigenvalue weighted by molar-refractivity contribution is 0.151. The highest BCUT2D eigenvalue weighted by molar-refractivity contribution is 5.30. The van der Waals surface area contributed by atoms with Gasteiger partial charge in [-0.2, -0.15) is 5.26 Å². The van der Waals surface area contributed by atoms with Gasteiger partial charge in [-0.25, -0.2) is 4.98 Å². The summed E-state index contributed by atoms with van der Waals surface area (Å²) in [5.74, 6) is 0. The smallest absolute Gasteiger partial charge is 0.144 e. The third-order valence-corrected chi connectivity index (χ3v) is 4.73. The summed E-state index contributed by atoms with van der Waals surface area (Å²) < 4.78 is 0. The van der Waals surface area contributed by atoms with Gasteiger partial charge in [-0.3, -0.25) is 9.80 Å². The molecule has 2 aliphatic rings. The number of hydrogen-bond donors (Lipinski definition) is 1. The molecular weight excluding hydrogens is 262 g/mol. The van der Waals surface area contributed by atoms with E-state index >= 15 is 0 Å². The van der Waals surface area contributed by atoms with Crippen LogP contribution >= 0.6 is 0 Å². The van der Waals surface area contributed by atoms with Gasteiger partial charge < -0.3 is 5.73 Å². The van der Waals surface area contributed by atoms with Crippen molar-refractivity contribution in [2.45, 2.75) is 37.9 Å². The lowest BCUT2D eigenvalue weighted by atomic mass is 10.0. The van der Waals surface area contributed by atoms with Crippen LogP contribution < -0.4 is 5.73 Å². The predicted octanol–water partition coefficient (Wildman–Crippen LogP) is 0.951. The molecule has 5 nitrogen and oxygen atoms in total. The minimum absolute atomic E-state index is 0.396. The molecule has 2 fully saturated rings. The molecule has 112 valence electrons. The van der Waals surface area contributed by atoms with Crippen LogP contribution in [-0.2, 0) is 6.54 Å². The number of aromatic nitrogens is 1. The molecule has 21 heavy (non-hydrogen) atoms. The summed E-state index contributed by atoms with van der Waals surface area (Å²) in [4.78, 5) is 9.18. The number of nitrogens with two attached hydrogens (primary N) is 1. The Kier molecular flexibility index (Phi) is 4.49. The number of piperidine rings is 1. The van der Waals surface area contributed by atoms with Gasteiger partial charge >= 0.3 is 0 Å². The Morgan fingerprint density at radius 3 is 2.86 bits per heavy atom. The number of likely N-dealkylation sites (tertiary alicyclic amines) is 2. The molecule has 2 saturated heterocycles. The Labute approximate surface area is 126 Å². The van der Waals surface area contributed by atoms with E-state index in [4.69, 9.17) is 11.0 Å². The number of rotatable bonds is 3. The molecule has 0 aliphatic carbocycles. The number of hydrogen-bond acceptors (Lipinski definition) is 5.